The lowest BCUT2D eigenvalue weighted by atomic mass is 10.1. The number of aliphatic hydroxyl groups excluding tert-OH is 1. The zero-order valence-corrected chi connectivity index (χ0v) is 12.4. The Kier molecular flexibility index (Phi) is 5.24. The first kappa shape index (κ1) is 15.4. The van der Waals surface area contributed by atoms with Gasteiger partial charge in [-0.1, -0.05) is 41.1 Å². The molecule has 0 bridgehead atoms. The molecular formula is C16H11Cl2NO2. The lowest BCUT2D eigenvalue weighted by Crippen LogP contribution is -2.12. The Morgan fingerprint density at radius 1 is 1.14 bits per heavy atom. The summed E-state index contributed by atoms with van der Waals surface area (Å²) in [5, 5.41) is 12.5. The summed E-state index contributed by atoms with van der Waals surface area (Å²) in [6, 6.07) is 11.6. The first-order valence-corrected chi connectivity index (χ1v) is 6.82. The van der Waals surface area contributed by atoms with Crippen LogP contribution in [0.15, 0.2) is 42.5 Å². The summed E-state index contributed by atoms with van der Waals surface area (Å²) in [7, 11) is 0. The SMILES string of the molecule is O=C(Nc1ccc(Cl)cc1C#CCO)c1cccc(Cl)c1. The molecule has 21 heavy (non-hydrogen) atoms. The van der Waals surface area contributed by atoms with Crippen LogP contribution in [0, 0.1) is 11.8 Å². The van der Waals surface area contributed by atoms with Crippen molar-refractivity contribution < 1.29 is 9.90 Å². The van der Waals surface area contributed by atoms with E-state index < -0.39 is 0 Å². The van der Waals surface area contributed by atoms with Gasteiger partial charge in [-0.05, 0) is 36.4 Å². The molecule has 0 aliphatic rings. The average Bonchev–Trinajstić information content (AvgIpc) is 2.47. The van der Waals surface area contributed by atoms with Gasteiger partial charge < -0.3 is 10.4 Å². The number of hydrogen-bond donors (Lipinski definition) is 2. The molecule has 2 rings (SSSR count). The molecule has 106 valence electrons. The van der Waals surface area contributed by atoms with Gasteiger partial charge in [-0.15, -0.1) is 0 Å². The number of benzene rings is 2. The minimum Gasteiger partial charge on any atom is -0.384 e. The van der Waals surface area contributed by atoms with Crippen molar-refractivity contribution in [2.24, 2.45) is 0 Å². The molecule has 0 spiro atoms. The first-order chi connectivity index (χ1) is 10.1. The van der Waals surface area contributed by atoms with Crippen molar-refractivity contribution in [3.05, 3.63) is 63.6 Å². The van der Waals surface area contributed by atoms with Crippen LogP contribution in [-0.4, -0.2) is 17.6 Å². The van der Waals surface area contributed by atoms with Crippen molar-refractivity contribution in [1.29, 1.82) is 0 Å². The van der Waals surface area contributed by atoms with Crippen molar-refractivity contribution in [1.82, 2.24) is 0 Å². The fraction of sp³-hybridized carbons (Fsp3) is 0.0625. The maximum absolute atomic E-state index is 12.2. The summed E-state index contributed by atoms with van der Waals surface area (Å²) in [6.45, 7) is -0.270. The van der Waals surface area contributed by atoms with Crippen molar-refractivity contribution in [3.8, 4) is 11.8 Å². The highest BCUT2D eigenvalue weighted by molar-refractivity contribution is 6.31. The van der Waals surface area contributed by atoms with Gasteiger partial charge in [0, 0.05) is 21.2 Å². The quantitative estimate of drug-likeness (QED) is 0.831. The van der Waals surface area contributed by atoms with Crippen LogP contribution in [0.3, 0.4) is 0 Å². The lowest BCUT2D eigenvalue weighted by molar-refractivity contribution is 0.102. The van der Waals surface area contributed by atoms with Crippen LogP contribution >= 0.6 is 23.2 Å². The van der Waals surface area contributed by atoms with E-state index in [2.05, 4.69) is 17.2 Å². The number of rotatable bonds is 2. The second-order valence-electron chi connectivity index (χ2n) is 4.11. The van der Waals surface area contributed by atoms with E-state index in [0.717, 1.165) is 0 Å². The predicted octanol–water partition coefficient (Wildman–Crippen LogP) is 3.59. The fourth-order valence-corrected chi connectivity index (χ4v) is 2.05. The maximum Gasteiger partial charge on any atom is 0.255 e. The van der Waals surface area contributed by atoms with E-state index in [1.54, 1.807) is 42.5 Å². The first-order valence-electron chi connectivity index (χ1n) is 6.06. The summed E-state index contributed by atoms with van der Waals surface area (Å²) in [5.41, 5.74) is 1.50. The highest BCUT2D eigenvalue weighted by Gasteiger charge is 2.09. The zero-order valence-electron chi connectivity index (χ0n) is 10.9. The smallest absolute Gasteiger partial charge is 0.255 e. The van der Waals surface area contributed by atoms with Gasteiger partial charge in [0.25, 0.3) is 5.91 Å². The van der Waals surface area contributed by atoms with E-state index >= 15 is 0 Å². The molecule has 0 unspecified atom stereocenters. The molecule has 0 aromatic heterocycles. The summed E-state index contributed by atoms with van der Waals surface area (Å²) < 4.78 is 0. The Bertz CT molecular complexity index is 733. The number of carbonyl (C=O) groups excluding carboxylic acids is 1. The monoisotopic (exact) mass is 319 g/mol. The minimum absolute atomic E-state index is 0.270. The van der Waals surface area contributed by atoms with E-state index in [1.807, 2.05) is 0 Å². The van der Waals surface area contributed by atoms with E-state index in [4.69, 9.17) is 28.3 Å². The van der Waals surface area contributed by atoms with Crippen LogP contribution in [-0.2, 0) is 0 Å². The molecule has 0 fully saturated rings. The third-order valence-electron chi connectivity index (χ3n) is 2.62. The van der Waals surface area contributed by atoms with Gasteiger partial charge in [0.2, 0.25) is 0 Å². The number of aliphatic hydroxyl groups is 1. The van der Waals surface area contributed by atoms with Crippen LogP contribution in [0.1, 0.15) is 15.9 Å². The maximum atomic E-state index is 12.2. The van der Waals surface area contributed by atoms with Gasteiger partial charge in [-0.2, -0.15) is 0 Å². The molecule has 0 saturated heterocycles. The number of hydrogen-bond acceptors (Lipinski definition) is 2. The second-order valence-corrected chi connectivity index (χ2v) is 4.99. The highest BCUT2D eigenvalue weighted by Crippen LogP contribution is 2.21. The molecule has 0 saturated carbocycles. The van der Waals surface area contributed by atoms with Crippen molar-refractivity contribution in [2.45, 2.75) is 0 Å². The minimum atomic E-state index is -0.299. The number of anilines is 1. The zero-order chi connectivity index (χ0) is 15.2. The Balaban J connectivity index is 2.29. The number of nitrogens with one attached hydrogen (secondary N) is 1. The molecule has 0 aliphatic carbocycles. The molecule has 2 N–H and O–H groups in total. The molecule has 1 amide bonds. The number of amides is 1. The van der Waals surface area contributed by atoms with E-state index in [9.17, 15) is 4.79 Å². The van der Waals surface area contributed by atoms with Gasteiger partial charge in [-0.25, -0.2) is 0 Å². The van der Waals surface area contributed by atoms with E-state index in [1.165, 1.54) is 0 Å². The molecule has 0 radical (unpaired) electrons. The molecule has 0 heterocycles. The topological polar surface area (TPSA) is 49.3 Å². The number of halogens is 2. The molecule has 0 atom stereocenters. The van der Waals surface area contributed by atoms with Gasteiger partial charge >= 0.3 is 0 Å². The average molecular weight is 320 g/mol. The molecular weight excluding hydrogens is 309 g/mol. The van der Waals surface area contributed by atoms with Gasteiger partial charge in [0.15, 0.2) is 0 Å². The summed E-state index contributed by atoms with van der Waals surface area (Å²) in [6.07, 6.45) is 0. The molecule has 0 aliphatic heterocycles. The Hall–Kier alpha value is -1.99. The van der Waals surface area contributed by atoms with Crippen LogP contribution in [0.5, 0.6) is 0 Å². The van der Waals surface area contributed by atoms with Crippen molar-refractivity contribution in [3.63, 3.8) is 0 Å². The normalized spacial score (nSPS) is 9.67. The van der Waals surface area contributed by atoms with Gasteiger partial charge in [-0.3, -0.25) is 4.79 Å². The van der Waals surface area contributed by atoms with Gasteiger partial charge in [0.1, 0.15) is 6.61 Å². The van der Waals surface area contributed by atoms with E-state index in [-0.39, 0.29) is 12.5 Å². The van der Waals surface area contributed by atoms with Gasteiger partial charge in [0.05, 0.1) is 5.69 Å². The third kappa shape index (κ3) is 4.24. The predicted molar refractivity (Wildman–Crippen MR) is 84.8 cm³/mol. The summed E-state index contributed by atoms with van der Waals surface area (Å²) in [4.78, 5) is 12.2. The fourth-order valence-electron chi connectivity index (χ4n) is 1.69. The van der Waals surface area contributed by atoms with Crippen LogP contribution in [0.25, 0.3) is 0 Å². The molecule has 2 aromatic rings. The number of carbonyl (C=O) groups is 1. The largest absolute Gasteiger partial charge is 0.384 e. The molecule has 2 aromatic carbocycles. The Morgan fingerprint density at radius 2 is 1.90 bits per heavy atom. The van der Waals surface area contributed by atoms with Crippen molar-refractivity contribution in [2.75, 3.05) is 11.9 Å². The molecule has 3 nitrogen and oxygen atoms in total. The van der Waals surface area contributed by atoms with Crippen molar-refractivity contribution >= 4 is 34.8 Å². The second kappa shape index (κ2) is 7.14. The summed E-state index contributed by atoms with van der Waals surface area (Å²) in [5.74, 6) is 4.98. The Morgan fingerprint density at radius 3 is 2.62 bits per heavy atom. The third-order valence-corrected chi connectivity index (χ3v) is 3.09. The standard InChI is InChI=1S/C16H11Cl2NO2/c17-13-5-1-3-12(10-13)16(21)19-15-7-6-14(18)9-11(15)4-2-8-20/h1,3,5-7,9-10,20H,8H2,(H,19,21). The van der Waals surface area contributed by atoms with Crippen LogP contribution in [0.2, 0.25) is 10.0 Å². The summed E-state index contributed by atoms with van der Waals surface area (Å²) >= 11 is 11.8. The lowest BCUT2D eigenvalue weighted by Gasteiger charge is -2.08. The van der Waals surface area contributed by atoms with Crippen LogP contribution < -0.4 is 5.32 Å². The Labute approximate surface area is 132 Å². The molecule has 5 heteroatoms. The highest BCUT2D eigenvalue weighted by atomic mass is 35.5. The van der Waals surface area contributed by atoms with E-state index in [0.29, 0.717) is 26.9 Å². The van der Waals surface area contributed by atoms with Crippen LogP contribution in [0.4, 0.5) is 5.69 Å².